The zero-order valence-electron chi connectivity index (χ0n) is 16.7. The molecule has 0 fully saturated rings. The van der Waals surface area contributed by atoms with E-state index in [-0.39, 0.29) is 22.9 Å². The maximum atomic E-state index is 12.7. The Morgan fingerprint density at radius 1 is 0.967 bits per heavy atom. The highest BCUT2D eigenvalue weighted by Crippen LogP contribution is 2.30. The van der Waals surface area contributed by atoms with Crippen molar-refractivity contribution in [3.63, 3.8) is 0 Å². The number of phenolic OH excluding ortho intramolecular Hbond substituents is 1. The SMILES string of the molecule is CC(C)c1cccc(NS(=O)(=O)c2ccc(NCc3cccc(O)c3N=O)cc2)c1. The number of hydrogen-bond acceptors (Lipinski definition) is 6. The quantitative estimate of drug-likeness (QED) is 0.423. The van der Waals surface area contributed by atoms with E-state index in [1.165, 1.54) is 18.2 Å². The highest BCUT2D eigenvalue weighted by molar-refractivity contribution is 7.92. The number of rotatable bonds is 8. The van der Waals surface area contributed by atoms with E-state index >= 15 is 0 Å². The summed E-state index contributed by atoms with van der Waals surface area (Å²) in [5, 5.41) is 15.6. The van der Waals surface area contributed by atoms with Crippen LogP contribution in [0.3, 0.4) is 0 Å². The van der Waals surface area contributed by atoms with Crippen LogP contribution in [0, 0.1) is 4.91 Å². The van der Waals surface area contributed by atoms with Crippen molar-refractivity contribution in [2.45, 2.75) is 31.2 Å². The molecule has 3 aromatic carbocycles. The van der Waals surface area contributed by atoms with Crippen LogP contribution in [0.4, 0.5) is 17.1 Å². The summed E-state index contributed by atoms with van der Waals surface area (Å²) >= 11 is 0. The molecule has 0 aliphatic heterocycles. The van der Waals surface area contributed by atoms with Gasteiger partial charge in [0.05, 0.1) is 4.90 Å². The van der Waals surface area contributed by atoms with Crippen LogP contribution in [0.2, 0.25) is 0 Å². The Morgan fingerprint density at radius 2 is 1.67 bits per heavy atom. The average molecular weight is 426 g/mol. The summed E-state index contributed by atoms with van der Waals surface area (Å²) in [6, 6.07) is 18.3. The van der Waals surface area contributed by atoms with Crippen molar-refractivity contribution in [1.29, 1.82) is 0 Å². The van der Waals surface area contributed by atoms with E-state index in [0.29, 0.717) is 22.9 Å². The van der Waals surface area contributed by atoms with E-state index in [1.807, 2.05) is 32.0 Å². The highest BCUT2D eigenvalue weighted by Gasteiger charge is 2.15. The van der Waals surface area contributed by atoms with Gasteiger partial charge in [0.25, 0.3) is 10.0 Å². The largest absolute Gasteiger partial charge is 0.506 e. The number of hydrogen-bond donors (Lipinski definition) is 3. The lowest BCUT2D eigenvalue weighted by molar-refractivity contribution is 0.476. The molecule has 3 N–H and O–H groups in total. The maximum absolute atomic E-state index is 12.7. The van der Waals surface area contributed by atoms with E-state index in [1.54, 1.807) is 30.3 Å². The van der Waals surface area contributed by atoms with Crippen molar-refractivity contribution in [2.75, 3.05) is 10.0 Å². The Bertz CT molecular complexity index is 1140. The predicted molar refractivity (Wildman–Crippen MR) is 119 cm³/mol. The Morgan fingerprint density at radius 3 is 2.33 bits per heavy atom. The van der Waals surface area contributed by atoms with Crippen LogP contribution in [0.15, 0.2) is 76.8 Å². The number of phenols is 1. The number of anilines is 2. The van der Waals surface area contributed by atoms with Gasteiger partial charge in [-0.15, -0.1) is 4.91 Å². The van der Waals surface area contributed by atoms with Gasteiger partial charge in [-0.25, -0.2) is 8.42 Å². The van der Waals surface area contributed by atoms with Crippen molar-refractivity contribution in [2.24, 2.45) is 5.18 Å². The summed E-state index contributed by atoms with van der Waals surface area (Å²) in [6.45, 7) is 4.34. The number of aromatic hydroxyl groups is 1. The summed E-state index contributed by atoms with van der Waals surface area (Å²) in [5.74, 6) is 0.111. The van der Waals surface area contributed by atoms with Crippen LogP contribution in [-0.2, 0) is 16.6 Å². The van der Waals surface area contributed by atoms with Crippen LogP contribution in [0.5, 0.6) is 5.75 Å². The molecular formula is C22H23N3O4S. The first-order valence-corrected chi connectivity index (χ1v) is 10.9. The molecule has 0 saturated heterocycles. The van der Waals surface area contributed by atoms with Crippen molar-refractivity contribution in [3.8, 4) is 5.75 Å². The molecule has 8 heteroatoms. The summed E-state index contributed by atoms with van der Waals surface area (Å²) < 4.78 is 28.0. The van der Waals surface area contributed by atoms with Gasteiger partial charge >= 0.3 is 0 Å². The molecule has 3 aromatic rings. The minimum Gasteiger partial charge on any atom is -0.506 e. The predicted octanol–water partition coefficient (Wildman–Crippen LogP) is 5.33. The first kappa shape index (κ1) is 21.3. The van der Waals surface area contributed by atoms with Crippen LogP contribution >= 0.6 is 0 Å². The van der Waals surface area contributed by atoms with E-state index in [2.05, 4.69) is 15.2 Å². The third kappa shape index (κ3) is 4.96. The van der Waals surface area contributed by atoms with Gasteiger partial charge in [-0.05, 0) is 59.1 Å². The highest BCUT2D eigenvalue weighted by atomic mass is 32.2. The Labute approximate surface area is 175 Å². The minimum atomic E-state index is -3.72. The Kier molecular flexibility index (Phi) is 6.37. The van der Waals surface area contributed by atoms with Crippen LogP contribution in [0.25, 0.3) is 0 Å². The Hall–Kier alpha value is -3.39. The van der Waals surface area contributed by atoms with Crippen molar-refractivity contribution < 1.29 is 13.5 Å². The fourth-order valence-corrected chi connectivity index (χ4v) is 4.00. The molecule has 3 rings (SSSR count). The molecule has 0 amide bonds. The van der Waals surface area contributed by atoms with E-state index in [0.717, 1.165) is 5.56 Å². The van der Waals surface area contributed by atoms with Crippen LogP contribution < -0.4 is 10.0 Å². The number of nitroso groups, excluding NO2 is 1. The smallest absolute Gasteiger partial charge is 0.261 e. The third-order valence-corrected chi connectivity index (χ3v) is 6.04. The first-order valence-electron chi connectivity index (χ1n) is 9.41. The lowest BCUT2D eigenvalue weighted by atomic mass is 10.0. The number of sulfonamides is 1. The zero-order chi connectivity index (χ0) is 21.7. The van der Waals surface area contributed by atoms with E-state index < -0.39 is 10.0 Å². The molecule has 0 unspecified atom stereocenters. The Balaban J connectivity index is 1.71. The molecule has 0 aromatic heterocycles. The molecule has 0 spiro atoms. The van der Waals surface area contributed by atoms with E-state index in [9.17, 15) is 18.4 Å². The molecule has 0 radical (unpaired) electrons. The molecule has 0 heterocycles. The van der Waals surface area contributed by atoms with Gasteiger partial charge in [0.15, 0.2) is 5.69 Å². The molecule has 0 aliphatic rings. The van der Waals surface area contributed by atoms with Gasteiger partial charge in [-0.1, -0.05) is 38.1 Å². The summed E-state index contributed by atoms with van der Waals surface area (Å²) in [4.78, 5) is 11.0. The molecule has 0 bridgehead atoms. The third-order valence-electron chi connectivity index (χ3n) is 4.64. The topological polar surface area (TPSA) is 108 Å². The van der Waals surface area contributed by atoms with E-state index in [4.69, 9.17) is 0 Å². The molecule has 0 aliphatic carbocycles. The number of nitrogens with one attached hydrogen (secondary N) is 2. The molecule has 7 nitrogen and oxygen atoms in total. The van der Waals surface area contributed by atoms with Gasteiger partial charge < -0.3 is 10.4 Å². The van der Waals surface area contributed by atoms with Gasteiger partial charge in [0.1, 0.15) is 5.75 Å². The fraction of sp³-hybridized carbons (Fsp3) is 0.182. The standard InChI is InChI=1S/C22H23N3O4S/c1-15(2)16-5-3-7-19(13-16)25-30(28,29)20-11-9-18(10-12-20)23-14-17-6-4-8-21(26)22(17)24-27/h3-13,15,23,25-26H,14H2,1-2H3. The lowest BCUT2D eigenvalue weighted by Gasteiger charge is -2.12. The van der Waals surface area contributed by atoms with Gasteiger partial charge in [-0.2, -0.15) is 0 Å². The van der Waals surface area contributed by atoms with Crippen molar-refractivity contribution >= 4 is 27.1 Å². The zero-order valence-corrected chi connectivity index (χ0v) is 17.5. The summed E-state index contributed by atoms with van der Waals surface area (Å²) in [7, 11) is -3.72. The second kappa shape index (κ2) is 8.96. The average Bonchev–Trinajstić information content (AvgIpc) is 2.72. The number of benzene rings is 3. The van der Waals surface area contributed by atoms with Crippen molar-refractivity contribution in [1.82, 2.24) is 0 Å². The van der Waals surface area contributed by atoms with Crippen LogP contribution in [0.1, 0.15) is 30.9 Å². The molecule has 0 atom stereocenters. The summed E-state index contributed by atoms with van der Waals surface area (Å²) in [6.07, 6.45) is 0. The molecular weight excluding hydrogens is 402 g/mol. The minimum absolute atomic E-state index is 0.0166. The monoisotopic (exact) mass is 425 g/mol. The molecule has 0 saturated carbocycles. The normalized spacial score (nSPS) is 11.3. The summed E-state index contributed by atoms with van der Waals surface area (Å²) in [5.41, 5.74) is 2.74. The number of nitrogens with zero attached hydrogens (tertiary/aromatic N) is 1. The second-order valence-corrected chi connectivity index (χ2v) is 8.82. The van der Waals surface area contributed by atoms with Crippen molar-refractivity contribution in [3.05, 3.63) is 82.8 Å². The molecule has 30 heavy (non-hydrogen) atoms. The molecule has 156 valence electrons. The first-order chi connectivity index (χ1) is 14.3. The van der Waals surface area contributed by atoms with Gasteiger partial charge in [0.2, 0.25) is 0 Å². The maximum Gasteiger partial charge on any atom is 0.261 e. The fourth-order valence-electron chi connectivity index (χ4n) is 2.95. The lowest BCUT2D eigenvalue weighted by Crippen LogP contribution is -2.13. The van der Waals surface area contributed by atoms with Gasteiger partial charge in [0, 0.05) is 23.5 Å². The van der Waals surface area contributed by atoms with Crippen LogP contribution in [-0.4, -0.2) is 13.5 Å². The van der Waals surface area contributed by atoms with Gasteiger partial charge in [-0.3, -0.25) is 4.72 Å². The second-order valence-electron chi connectivity index (χ2n) is 7.14.